The largest absolute Gasteiger partial charge is 0.368 e. The molecule has 1 aliphatic heterocycles. The summed E-state index contributed by atoms with van der Waals surface area (Å²) in [7, 11) is 0. The van der Waals surface area contributed by atoms with Gasteiger partial charge < -0.3 is 4.90 Å². The molecule has 0 spiro atoms. The van der Waals surface area contributed by atoms with Crippen LogP contribution < -0.4 is 4.90 Å². The monoisotopic (exact) mass is 344 g/mol. The second kappa shape index (κ2) is 7.31. The van der Waals surface area contributed by atoms with Crippen molar-refractivity contribution in [2.45, 2.75) is 0 Å². The van der Waals surface area contributed by atoms with Crippen LogP contribution >= 0.6 is 11.6 Å². The Hall–Kier alpha value is -2.60. The number of benzene rings is 2. The topological polar surface area (TPSA) is 62.0 Å². The minimum absolute atomic E-state index is 0.0868. The summed E-state index contributed by atoms with van der Waals surface area (Å²) < 4.78 is 0. The van der Waals surface area contributed by atoms with Crippen LogP contribution in [0.2, 0.25) is 5.02 Å². The third-order valence-electron chi connectivity index (χ3n) is 3.92. The average molecular weight is 345 g/mol. The van der Waals surface area contributed by atoms with Crippen LogP contribution in [-0.4, -0.2) is 42.3 Å². The Kier molecular flexibility index (Phi) is 4.96. The summed E-state index contributed by atoms with van der Waals surface area (Å²) in [5, 5.41) is 17.8. The molecule has 0 amide bonds. The van der Waals surface area contributed by atoms with Crippen LogP contribution in [-0.2, 0) is 0 Å². The van der Waals surface area contributed by atoms with E-state index in [1.165, 1.54) is 17.8 Å². The highest BCUT2D eigenvalue weighted by Gasteiger charge is 2.15. The Morgan fingerprint density at radius 1 is 1.00 bits per heavy atom. The maximum atomic E-state index is 10.6. The van der Waals surface area contributed by atoms with Crippen LogP contribution in [0.1, 0.15) is 5.56 Å². The molecule has 0 atom stereocenters. The van der Waals surface area contributed by atoms with Gasteiger partial charge in [0.1, 0.15) is 0 Å². The Bertz CT molecular complexity index is 723. The fraction of sp³-hybridized carbons (Fsp3) is 0.235. The maximum absolute atomic E-state index is 10.6. The van der Waals surface area contributed by atoms with Gasteiger partial charge in [0.05, 0.1) is 24.2 Å². The molecule has 0 aromatic heterocycles. The first-order chi connectivity index (χ1) is 11.6. The second-order valence-electron chi connectivity index (χ2n) is 5.51. The molecule has 1 fully saturated rings. The zero-order chi connectivity index (χ0) is 16.9. The molecule has 2 aromatic carbocycles. The summed E-state index contributed by atoms with van der Waals surface area (Å²) in [6.45, 7) is 3.43. The molecule has 124 valence electrons. The van der Waals surface area contributed by atoms with Crippen molar-refractivity contribution in [3.05, 3.63) is 69.2 Å². The standard InChI is InChI=1S/C17H17ClN4O2/c18-15-3-7-16(8-4-15)20-9-11-21(12-10-20)19-13-14-1-5-17(6-2-14)22(23)24/h1-8,13H,9-12H2. The quantitative estimate of drug-likeness (QED) is 0.484. The van der Waals surface area contributed by atoms with Crippen molar-refractivity contribution >= 4 is 29.2 Å². The number of nitrogens with zero attached hydrogens (tertiary/aromatic N) is 4. The lowest BCUT2D eigenvalue weighted by atomic mass is 10.2. The number of anilines is 1. The number of piperazine rings is 1. The van der Waals surface area contributed by atoms with E-state index >= 15 is 0 Å². The number of nitro groups is 1. The van der Waals surface area contributed by atoms with E-state index in [2.05, 4.69) is 10.0 Å². The van der Waals surface area contributed by atoms with Crippen LogP contribution in [0.3, 0.4) is 0 Å². The van der Waals surface area contributed by atoms with Gasteiger partial charge in [0.15, 0.2) is 0 Å². The molecule has 2 aromatic rings. The van der Waals surface area contributed by atoms with Gasteiger partial charge in [0, 0.05) is 35.9 Å². The molecule has 0 radical (unpaired) electrons. The van der Waals surface area contributed by atoms with Crippen LogP contribution in [0.5, 0.6) is 0 Å². The van der Waals surface area contributed by atoms with Crippen molar-refractivity contribution in [2.24, 2.45) is 5.10 Å². The van der Waals surface area contributed by atoms with Crippen molar-refractivity contribution in [3.8, 4) is 0 Å². The number of hydrazone groups is 1. The van der Waals surface area contributed by atoms with Crippen molar-refractivity contribution in [1.82, 2.24) is 5.01 Å². The molecule has 0 N–H and O–H groups in total. The van der Waals surface area contributed by atoms with Gasteiger partial charge in [-0.15, -0.1) is 0 Å². The first kappa shape index (κ1) is 16.3. The summed E-state index contributed by atoms with van der Waals surface area (Å²) in [6.07, 6.45) is 1.74. The van der Waals surface area contributed by atoms with Gasteiger partial charge in [-0.25, -0.2) is 0 Å². The first-order valence-corrected chi connectivity index (χ1v) is 8.03. The van der Waals surface area contributed by atoms with E-state index in [9.17, 15) is 10.1 Å². The van der Waals surface area contributed by atoms with Crippen LogP contribution in [0, 0.1) is 10.1 Å². The molecule has 0 aliphatic carbocycles. The molecule has 0 bridgehead atoms. The highest BCUT2D eigenvalue weighted by Crippen LogP contribution is 2.19. The summed E-state index contributed by atoms with van der Waals surface area (Å²) in [5.41, 5.74) is 2.10. The number of hydrogen-bond acceptors (Lipinski definition) is 5. The number of non-ortho nitro benzene ring substituents is 1. The first-order valence-electron chi connectivity index (χ1n) is 7.66. The van der Waals surface area contributed by atoms with Crippen molar-refractivity contribution in [1.29, 1.82) is 0 Å². The zero-order valence-electron chi connectivity index (χ0n) is 13.0. The average Bonchev–Trinajstić information content (AvgIpc) is 2.61. The van der Waals surface area contributed by atoms with Crippen molar-refractivity contribution in [2.75, 3.05) is 31.1 Å². The molecule has 0 saturated carbocycles. The third-order valence-corrected chi connectivity index (χ3v) is 4.17. The molecule has 1 heterocycles. The third kappa shape index (κ3) is 4.02. The summed E-state index contributed by atoms with van der Waals surface area (Å²) in [4.78, 5) is 12.5. The Balaban J connectivity index is 1.55. The Morgan fingerprint density at radius 2 is 1.62 bits per heavy atom. The van der Waals surface area contributed by atoms with Gasteiger partial charge in [0.2, 0.25) is 0 Å². The molecule has 6 nitrogen and oxygen atoms in total. The SMILES string of the molecule is O=[N+]([O-])c1ccc(C=NN2CCN(c3ccc(Cl)cc3)CC2)cc1. The highest BCUT2D eigenvalue weighted by molar-refractivity contribution is 6.30. The van der Waals surface area contributed by atoms with Gasteiger partial charge in [0.25, 0.3) is 5.69 Å². The molecule has 1 saturated heterocycles. The van der Waals surface area contributed by atoms with Gasteiger partial charge in [-0.2, -0.15) is 5.10 Å². The van der Waals surface area contributed by atoms with Crippen LogP contribution in [0.25, 0.3) is 0 Å². The Labute approximate surface area is 145 Å². The van der Waals surface area contributed by atoms with E-state index in [1.807, 2.05) is 29.3 Å². The molecule has 24 heavy (non-hydrogen) atoms. The molecular formula is C17H17ClN4O2. The molecule has 0 unspecified atom stereocenters. The lowest BCUT2D eigenvalue weighted by Gasteiger charge is -2.34. The Morgan fingerprint density at radius 3 is 2.21 bits per heavy atom. The van der Waals surface area contributed by atoms with E-state index in [1.54, 1.807) is 18.3 Å². The number of halogens is 1. The normalized spacial score (nSPS) is 15.0. The van der Waals surface area contributed by atoms with E-state index < -0.39 is 4.92 Å². The predicted octanol–water partition coefficient (Wildman–Crippen LogP) is 3.40. The molecule has 7 heteroatoms. The summed E-state index contributed by atoms with van der Waals surface area (Å²) in [5.74, 6) is 0. The number of hydrogen-bond donors (Lipinski definition) is 0. The lowest BCUT2D eigenvalue weighted by Crippen LogP contribution is -2.44. The molecule has 3 rings (SSSR count). The fourth-order valence-corrected chi connectivity index (χ4v) is 2.68. The summed E-state index contributed by atoms with van der Waals surface area (Å²) in [6, 6.07) is 14.2. The maximum Gasteiger partial charge on any atom is 0.269 e. The van der Waals surface area contributed by atoms with E-state index in [0.717, 1.165) is 36.8 Å². The van der Waals surface area contributed by atoms with Crippen LogP contribution in [0.15, 0.2) is 53.6 Å². The minimum atomic E-state index is -0.406. The van der Waals surface area contributed by atoms with Gasteiger partial charge in [-0.1, -0.05) is 11.6 Å². The van der Waals surface area contributed by atoms with E-state index in [4.69, 9.17) is 11.6 Å². The van der Waals surface area contributed by atoms with Gasteiger partial charge in [-0.05, 0) is 42.0 Å². The smallest absolute Gasteiger partial charge is 0.269 e. The fourth-order valence-electron chi connectivity index (χ4n) is 2.55. The zero-order valence-corrected chi connectivity index (χ0v) is 13.8. The van der Waals surface area contributed by atoms with E-state index in [-0.39, 0.29) is 5.69 Å². The number of nitro benzene ring substituents is 1. The molecule has 1 aliphatic rings. The van der Waals surface area contributed by atoms with Crippen molar-refractivity contribution in [3.63, 3.8) is 0 Å². The number of rotatable bonds is 4. The summed E-state index contributed by atoms with van der Waals surface area (Å²) >= 11 is 5.92. The van der Waals surface area contributed by atoms with Gasteiger partial charge >= 0.3 is 0 Å². The minimum Gasteiger partial charge on any atom is -0.368 e. The second-order valence-corrected chi connectivity index (χ2v) is 5.95. The van der Waals surface area contributed by atoms with E-state index in [0.29, 0.717) is 0 Å². The lowest BCUT2D eigenvalue weighted by molar-refractivity contribution is -0.384. The van der Waals surface area contributed by atoms with Gasteiger partial charge in [-0.3, -0.25) is 15.1 Å². The van der Waals surface area contributed by atoms with Crippen molar-refractivity contribution < 1.29 is 4.92 Å². The highest BCUT2D eigenvalue weighted by atomic mass is 35.5. The molecular weight excluding hydrogens is 328 g/mol. The predicted molar refractivity (Wildman–Crippen MR) is 95.9 cm³/mol. The van der Waals surface area contributed by atoms with Crippen LogP contribution in [0.4, 0.5) is 11.4 Å².